The zero-order valence-corrected chi connectivity index (χ0v) is 8.84. The van der Waals surface area contributed by atoms with E-state index >= 15 is 0 Å². The first kappa shape index (κ1) is 9.79. The van der Waals surface area contributed by atoms with Gasteiger partial charge in [-0.1, -0.05) is 11.6 Å². The van der Waals surface area contributed by atoms with Crippen LogP contribution in [0.25, 0.3) is 0 Å². The summed E-state index contributed by atoms with van der Waals surface area (Å²) in [5, 5.41) is 13.3. The molecule has 0 spiro atoms. The van der Waals surface area contributed by atoms with Crippen LogP contribution in [-0.2, 0) is 0 Å². The van der Waals surface area contributed by atoms with Crippen LogP contribution >= 0.6 is 11.6 Å². The Morgan fingerprint density at radius 1 is 1.27 bits per heavy atom. The van der Waals surface area contributed by atoms with Crippen LogP contribution in [0.2, 0.25) is 5.02 Å². The zero-order chi connectivity index (χ0) is 10.7. The third-order valence-electron chi connectivity index (χ3n) is 1.82. The van der Waals surface area contributed by atoms with Crippen molar-refractivity contribution in [3.63, 3.8) is 0 Å². The standard InChI is InChI=1S/C9H10ClN5/c1-11-8-13-9(15-14-8)12-7-4-2-6(10)3-5-7/h2-5H,1H3,(H3,11,12,13,14,15). The average molecular weight is 224 g/mol. The van der Waals surface area contributed by atoms with E-state index in [2.05, 4.69) is 25.8 Å². The Bertz CT molecular complexity index is 436. The molecule has 0 aliphatic rings. The van der Waals surface area contributed by atoms with Gasteiger partial charge in [-0.2, -0.15) is 4.98 Å². The van der Waals surface area contributed by atoms with Gasteiger partial charge in [-0.25, -0.2) is 5.10 Å². The van der Waals surface area contributed by atoms with Crippen molar-refractivity contribution < 1.29 is 0 Å². The summed E-state index contributed by atoms with van der Waals surface area (Å²) in [6.07, 6.45) is 0. The molecule has 0 aliphatic carbocycles. The van der Waals surface area contributed by atoms with Crippen LogP contribution < -0.4 is 10.6 Å². The lowest BCUT2D eigenvalue weighted by molar-refractivity contribution is 1.09. The fraction of sp³-hybridized carbons (Fsp3) is 0.111. The molecule has 0 bridgehead atoms. The number of halogens is 1. The zero-order valence-electron chi connectivity index (χ0n) is 8.08. The summed E-state index contributed by atoms with van der Waals surface area (Å²) in [7, 11) is 1.76. The minimum Gasteiger partial charge on any atom is -0.356 e. The van der Waals surface area contributed by atoms with Gasteiger partial charge in [-0.3, -0.25) is 0 Å². The van der Waals surface area contributed by atoms with Gasteiger partial charge in [0.15, 0.2) is 0 Å². The Morgan fingerprint density at radius 2 is 2.00 bits per heavy atom. The minimum atomic E-state index is 0.548. The van der Waals surface area contributed by atoms with Crippen molar-refractivity contribution in [2.24, 2.45) is 0 Å². The molecular weight excluding hydrogens is 214 g/mol. The summed E-state index contributed by atoms with van der Waals surface area (Å²) >= 11 is 5.77. The molecule has 1 aromatic heterocycles. The third-order valence-corrected chi connectivity index (χ3v) is 2.07. The van der Waals surface area contributed by atoms with E-state index in [0.717, 1.165) is 5.69 Å². The van der Waals surface area contributed by atoms with Crippen molar-refractivity contribution >= 4 is 29.2 Å². The number of rotatable bonds is 3. The van der Waals surface area contributed by atoms with E-state index in [1.165, 1.54) is 0 Å². The highest BCUT2D eigenvalue weighted by molar-refractivity contribution is 6.30. The van der Waals surface area contributed by atoms with Gasteiger partial charge in [-0.15, -0.1) is 5.10 Å². The second-order valence-corrected chi connectivity index (χ2v) is 3.33. The number of anilines is 3. The molecule has 0 fully saturated rings. The van der Waals surface area contributed by atoms with E-state index in [0.29, 0.717) is 16.9 Å². The molecule has 1 aromatic carbocycles. The van der Waals surface area contributed by atoms with Gasteiger partial charge in [-0.05, 0) is 24.3 Å². The van der Waals surface area contributed by atoms with Gasteiger partial charge in [0.2, 0.25) is 11.9 Å². The van der Waals surface area contributed by atoms with Gasteiger partial charge in [0.1, 0.15) is 0 Å². The van der Waals surface area contributed by atoms with Crippen LogP contribution in [0.3, 0.4) is 0 Å². The molecule has 0 aliphatic heterocycles. The smallest absolute Gasteiger partial charge is 0.243 e. The molecule has 2 aromatic rings. The maximum atomic E-state index is 5.77. The number of nitrogens with one attached hydrogen (secondary N) is 3. The van der Waals surface area contributed by atoms with E-state index < -0.39 is 0 Å². The molecule has 0 amide bonds. The number of aromatic amines is 1. The van der Waals surface area contributed by atoms with Crippen LogP contribution in [0.4, 0.5) is 17.6 Å². The lowest BCUT2D eigenvalue weighted by Gasteiger charge is -2.00. The second-order valence-electron chi connectivity index (χ2n) is 2.89. The summed E-state index contributed by atoms with van der Waals surface area (Å²) < 4.78 is 0. The largest absolute Gasteiger partial charge is 0.356 e. The van der Waals surface area contributed by atoms with Crippen LogP contribution in [-0.4, -0.2) is 22.2 Å². The minimum absolute atomic E-state index is 0.548. The summed E-state index contributed by atoms with van der Waals surface area (Å²) in [5.41, 5.74) is 0.901. The van der Waals surface area contributed by atoms with E-state index in [-0.39, 0.29) is 0 Å². The number of hydrogen-bond donors (Lipinski definition) is 3. The molecule has 3 N–H and O–H groups in total. The van der Waals surface area contributed by atoms with Crippen LogP contribution in [0, 0.1) is 0 Å². The molecule has 6 heteroatoms. The van der Waals surface area contributed by atoms with Crippen LogP contribution in [0.15, 0.2) is 24.3 Å². The normalized spacial score (nSPS) is 10.0. The van der Waals surface area contributed by atoms with Crippen molar-refractivity contribution in [1.29, 1.82) is 0 Å². The van der Waals surface area contributed by atoms with Crippen molar-refractivity contribution in [2.45, 2.75) is 0 Å². The van der Waals surface area contributed by atoms with Crippen LogP contribution in [0.5, 0.6) is 0 Å². The number of aromatic nitrogens is 3. The number of nitrogens with zero attached hydrogens (tertiary/aromatic N) is 2. The Kier molecular flexibility index (Phi) is 2.73. The first-order chi connectivity index (χ1) is 7.28. The van der Waals surface area contributed by atoms with Crippen molar-refractivity contribution in [3.05, 3.63) is 29.3 Å². The Morgan fingerprint density at radius 3 is 2.60 bits per heavy atom. The van der Waals surface area contributed by atoms with Gasteiger partial charge in [0.05, 0.1) is 0 Å². The summed E-state index contributed by atoms with van der Waals surface area (Å²) in [5.74, 6) is 1.13. The van der Waals surface area contributed by atoms with E-state index in [9.17, 15) is 0 Å². The molecule has 2 rings (SSSR count). The molecule has 0 saturated heterocycles. The molecular formula is C9H10ClN5. The highest BCUT2D eigenvalue weighted by Gasteiger charge is 2.00. The predicted octanol–water partition coefficient (Wildman–Crippen LogP) is 2.24. The maximum absolute atomic E-state index is 5.77. The number of hydrogen-bond acceptors (Lipinski definition) is 4. The van der Waals surface area contributed by atoms with Gasteiger partial charge < -0.3 is 10.6 Å². The fourth-order valence-electron chi connectivity index (χ4n) is 1.10. The predicted molar refractivity (Wildman–Crippen MR) is 60.7 cm³/mol. The molecule has 0 unspecified atom stereocenters. The van der Waals surface area contributed by atoms with Gasteiger partial charge in [0.25, 0.3) is 0 Å². The number of H-pyrrole nitrogens is 1. The highest BCUT2D eigenvalue weighted by Crippen LogP contribution is 2.16. The number of benzene rings is 1. The molecule has 5 nitrogen and oxygen atoms in total. The molecule has 0 radical (unpaired) electrons. The highest BCUT2D eigenvalue weighted by atomic mass is 35.5. The van der Waals surface area contributed by atoms with Crippen molar-refractivity contribution in [1.82, 2.24) is 15.2 Å². The van der Waals surface area contributed by atoms with E-state index in [1.54, 1.807) is 19.2 Å². The van der Waals surface area contributed by atoms with E-state index in [1.807, 2.05) is 12.1 Å². The van der Waals surface area contributed by atoms with Crippen molar-refractivity contribution in [3.8, 4) is 0 Å². The van der Waals surface area contributed by atoms with Crippen LogP contribution in [0.1, 0.15) is 0 Å². The molecule has 15 heavy (non-hydrogen) atoms. The maximum Gasteiger partial charge on any atom is 0.243 e. The third kappa shape index (κ3) is 2.38. The SMILES string of the molecule is CNc1n[nH]c(Nc2ccc(Cl)cc2)n1. The van der Waals surface area contributed by atoms with Gasteiger partial charge >= 0.3 is 0 Å². The molecule has 78 valence electrons. The Labute approximate surface area is 91.9 Å². The average Bonchev–Trinajstić information content (AvgIpc) is 2.69. The fourth-order valence-corrected chi connectivity index (χ4v) is 1.23. The Hall–Kier alpha value is -1.75. The van der Waals surface area contributed by atoms with Gasteiger partial charge in [0, 0.05) is 17.8 Å². The summed E-state index contributed by atoms with van der Waals surface area (Å²) in [4.78, 5) is 4.12. The molecule has 0 atom stereocenters. The van der Waals surface area contributed by atoms with E-state index in [4.69, 9.17) is 11.6 Å². The monoisotopic (exact) mass is 223 g/mol. The summed E-state index contributed by atoms with van der Waals surface area (Å²) in [6, 6.07) is 7.34. The molecule has 0 saturated carbocycles. The second kappa shape index (κ2) is 4.18. The lowest BCUT2D eigenvalue weighted by atomic mass is 10.3. The topological polar surface area (TPSA) is 65.6 Å². The first-order valence-electron chi connectivity index (χ1n) is 4.40. The van der Waals surface area contributed by atoms with Crippen molar-refractivity contribution in [2.75, 3.05) is 17.7 Å². The lowest BCUT2D eigenvalue weighted by Crippen LogP contribution is -1.92. The quantitative estimate of drug-likeness (QED) is 0.747. The first-order valence-corrected chi connectivity index (χ1v) is 4.78. The Balaban J connectivity index is 2.11. The molecule has 1 heterocycles. The summed E-state index contributed by atoms with van der Waals surface area (Å²) in [6.45, 7) is 0.